The molecule has 3 aliphatic carbocycles. The van der Waals surface area contributed by atoms with Gasteiger partial charge in [0, 0.05) is 24.7 Å². The van der Waals surface area contributed by atoms with Gasteiger partial charge in [0.25, 0.3) is 0 Å². The number of rotatable bonds is 18. The van der Waals surface area contributed by atoms with Crippen molar-refractivity contribution in [1.29, 1.82) is 0 Å². The predicted octanol–water partition coefficient (Wildman–Crippen LogP) is -5.42. The molecule has 438 valence electrons. The molecule has 0 amide bonds. The van der Waals surface area contributed by atoms with Crippen molar-refractivity contribution in [3.8, 4) is 0 Å². The first kappa shape index (κ1) is 58.6. The largest absolute Gasteiger partial charge is 0.478 e. The number of aliphatic hydroxyl groups is 12. The molecule has 9 rings (SSSR count). The summed E-state index contributed by atoms with van der Waals surface area (Å²) in [7, 11) is 0. The van der Waals surface area contributed by atoms with E-state index in [1.165, 1.54) is 6.92 Å². The van der Waals surface area contributed by atoms with Crippen LogP contribution in [0.15, 0.2) is 70.5 Å². The molecular weight excluding hydrogens is 1060 g/mol. The maximum atomic E-state index is 14.2. The van der Waals surface area contributed by atoms with E-state index in [-0.39, 0.29) is 42.6 Å². The van der Waals surface area contributed by atoms with Gasteiger partial charge in [-0.25, -0.2) is 14.4 Å². The summed E-state index contributed by atoms with van der Waals surface area (Å²) >= 11 is 0. The molecule has 0 aromatic rings. The minimum absolute atomic E-state index is 0.0142. The van der Waals surface area contributed by atoms with Crippen LogP contribution in [0, 0.1) is 35.5 Å². The summed E-state index contributed by atoms with van der Waals surface area (Å²) < 4.78 is 69.1. The maximum absolute atomic E-state index is 14.2. The summed E-state index contributed by atoms with van der Waals surface area (Å²) in [5.74, 6) is -9.13. The van der Waals surface area contributed by atoms with Crippen molar-refractivity contribution in [2.24, 2.45) is 35.5 Å². The summed E-state index contributed by atoms with van der Waals surface area (Å²) in [6, 6.07) is 0. The van der Waals surface area contributed by atoms with Crippen molar-refractivity contribution in [3.63, 3.8) is 0 Å². The van der Waals surface area contributed by atoms with Crippen LogP contribution in [-0.4, -0.2) is 241 Å². The van der Waals surface area contributed by atoms with Crippen LogP contribution in [0.5, 0.6) is 0 Å². The Morgan fingerprint density at radius 2 is 0.747 bits per heavy atom. The topological polar surface area (TPSA) is 442 Å². The highest BCUT2D eigenvalue weighted by Crippen LogP contribution is 2.49. The first-order valence-electron chi connectivity index (χ1n) is 25.5. The number of carbonyl (C=O) groups excluding carboxylic acids is 3. The molecule has 9 aliphatic rings. The third-order valence-electron chi connectivity index (χ3n) is 15.8. The molecule has 6 heterocycles. The third-order valence-corrected chi connectivity index (χ3v) is 15.8. The quantitative estimate of drug-likeness (QED) is 0.0346. The number of fused-ring (bicyclic) bond motifs is 3. The second-order valence-corrected chi connectivity index (χ2v) is 20.4. The SMILES string of the molecule is CC(=O)OCC1=CC[C@@H]2C(C(=O)OCC3=CC[C@@H]4C(C(=O)OCC5=CC[C@@H]6C(C(=O)O)=CO[C@@H](O[C@@H]7O[C@H](CO)[C@@H](O)[C@H](O)[C@H]7O)[C@H]56)=CO[C@@H](O[C@@H]5O[C@H](CO)[C@@H](O)[C@H](O)[C@H]5O)[C@H]34)=CO[C@@H](O[C@@H]3O[C@H](CO)[C@@H](O)[C@H](O)[C@H]3O)[C@H]12. The van der Waals surface area contributed by atoms with E-state index in [9.17, 15) is 85.6 Å². The average Bonchev–Trinajstić information content (AvgIpc) is 4.40. The van der Waals surface area contributed by atoms with Crippen molar-refractivity contribution in [2.45, 2.75) is 137 Å². The number of esters is 3. The van der Waals surface area contributed by atoms with Crippen LogP contribution in [0.3, 0.4) is 0 Å². The maximum Gasteiger partial charge on any atom is 0.337 e. The molecule has 24 atom stereocenters. The van der Waals surface area contributed by atoms with Crippen molar-refractivity contribution >= 4 is 23.9 Å². The second-order valence-electron chi connectivity index (χ2n) is 20.4. The van der Waals surface area contributed by atoms with E-state index in [2.05, 4.69) is 0 Å². The highest BCUT2D eigenvalue weighted by Gasteiger charge is 2.54. The smallest absolute Gasteiger partial charge is 0.337 e. The van der Waals surface area contributed by atoms with Gasteiger partial charge in [-0.2, -0.15) is 0 Å². The Labute approximate surface area is 448 Å². The zero-order valence-electron chi connectivity index (χ0n) is 42.0. The van der Waals surface area contributed by atoms with Gasteiger partial charge in [0.05, 0.1) is 73.1 Å². The van der Waals surface area contributed by atoms with Gasteiger partial charge < -0.3 is 123 Å². The zero-order valence-corrected chi connectivity index (χ0v) is 42.0. The summed E-state index contributed by atoms with van der Waals surface area (Å²) in [6.07, 6.45) is -21.1. The molecule has 0 unspecified atom stereocenters. The van der Waals surface area contributed by atoms with Crippen molar-refractivity contribution in [2.75, 3.05) is 39.6 Å². The van der Waals surface area contributed by atoms with Gasteiger partial charge in [0.15, 0.2) is 18.9 Å². The van der Waals surface area contributed by atoms with Gasteiger partial charge in [0.2, 0.25) is 18.9 Å². The molecule has 6 aliphatic heterocycles. The molecule has 0 aromatic carbocycles. The highest BCUT2D eigenvalue weighted by atomic mass is 16.8. The average molecular weight is 1130 g/mol. The lowest BCUT2D eigenvalue weighted by molar-refractivity contribution is -0.339. The van der Waals surface area contributed by atoms with Gasteiger partial charge in [0.1, 0.15) is 93.1 Å². The Balaban J connectivity index is 0.913. The molecule has 0 saturated carbocycles. The fraction of sp³-hybridized carbons (Fsp3) is 0.680. The normalized spacial score (nSPS) is 42.4. The van der Waals surface area contributed by atoms with Gasteiger partial charge >= 0.3 is 23.9 Å². The summed E-state index contributed by atoms with van der Waals surface area (Å²) in [5, 5.41) is 134. The molecule has 0 bridgehead atoms. The second kappa shape index (κ2) is 24.6. The highest BCUT2D eigenvalue weighted by molar-refractivity contribution is 5.90. The van der Waals surface area contributed by atoms with Crippen LogP contribution in [0.25, 0.3) is 0 Å². The molecule has 3 fully saturated rings. The van der Waals surface area contributed by atoms with Gasteiger partial charge in [-0.05, 0) is 36.0 Å². The van der Waals surface area contributed by atoms with E-state index < -0.39 is 203 Å². The monoisotopic (exact) mass is 1130 g/mol. The molecule has 3 saturated heterocycles. The fourth-order valence-electron chi connectivity index (χ4n) is 11.5. The van der Waals surface area contributed by atoms with Crippen LogP contribution >= 0.6 is 0 Å². The van der Waals surface area contributed by atoms with Crippen molar-refractivity contribution in [3.05, 3.63) is 70.5 Å². The van der Waals surface area contributed by atoms with Gasteiger partial charge in [-0.15, -0.1) is 0 Å². The van der Waals surface area contributed by atoms with E-state index in [1.54, 1.807) is 18.2 Å². The van der Waals surface area contributed by atoms with E-state index in [1.807, 2.05) is 0 Å². The Morgan fingerprint density at radius 3 is 1.05 bits per heavy atom. The summed E-state index contributed by atoms with van der Waals surface area (Å²) in [6.45, 7) is -2.33. The number of carboxylic acid groups (broad SMARTS) is 1. The Morgan fingerprint density at radius 1 is 0.443 bits per heavy atom. The first-order chi connectivity index (χ1) is 37.8. The standard InChI is InChI=1S/C50H64O29/c1-17(54)68-11-18-3-6-22-25(15-72-46(31(18)22)78-49-40(62)37(59)34(56)28(9-52)75-49)43(66)70-13-20-4-7-23-26(16-73-47(32(20)23)79-50-41(63)38(60)35(57)29(10-53)76-50)44(67)69-12-19-2-5-21-24(42(64)65)14-71-45(30(19)21)77-48-39(61)36(58)33(55)27(8-51)74-48/h2-4,14-16,21-23,27-41,45-53,55-63H,5-13H2,1H3,(H,64,65)/t21-,22-,23-,27-,28-,29-,30-,31-,32-,33-,34-,35-,36+,37+,38+,39-,40-,41-,45+,46+,47+,48+,49+,50+/m1/s1. The van der Waals surface area contributed by atoms with Gasteiger partial charge in [-0.1, -0.05) is 18.2 Å². The Bertz CT molecular complexity index is 2450. The van der Waals surface area contributed by atoms with Crippen LogP contribution in [0.1, 0.15) is 26.2 Å². The molecule has 29 nitrogen and oxygen atoms in total. The van der Waals surface area contributed by atoms with E-state index in [4.69, 9.17) is 56.8 Å². The van der Waals surface area contributed by atoms with Gasteiger partial charge in [-0.3, -0.25) is 4.79 Å². The van der Waals surface area contributed by atoms with E-state index in [0.717, 1.165) is 18.8 Å². The minimum atomic E-state index is -1.88. The number of allylic oxidation sites excluding steroid dienone is 3. The molecule has 0 spiro atoms. The minimum Gasteiger partial charge on any atom is -0.478 e. The number of carbonyl (C=O) groups is 4. The third kappa shape index (κ3) is 11.6. The molecule has 0 aromatic heterocycles. The van der Waals surface area contributed by atoms with E-state index >= 15 is 0 Å². The molecule has 79 heavy (non-hydrogen) atoms. The molecular formula is C50H64O29. The predicted molar refractivity (Wildman–Crippen MR) is 249 cm³/mol. The number of aliphatic hydroxyl groups excluding tert-OH is 12. The molecule has 13 N–H and O–H groups in total. The van der Waals surface area contributed by atoms with Crippen LogP contribution in [0.4, 0.5) is 0 Å². The van der Waals surface area contributed by atoms with Crippen molar-refractivity contribution in [1.82, 2.24) is 0 Å². The zero-order chi connectivity index (χ0) is 56.7. The Hall–Kier alpha value is -5.00. The Kier molecular flexibility index (Phi) is 18.3. The van der Waals surface area contributed by atoms with Crippen LogP contribution in [0.2, 0.25) is 0 Å². The molecule has 29 heteroatoms. The lowest BCUT2D eigenvalue weighted by Gasteiger charge is -2.43. The number of hydrogen-bond donors (Lipinski definition) is 13. The number of carboxylic acids is 1. The van der Waals surface area contributed by atoms with Crippen LogP contribution in [-0.2, 0) is 76.0 Å². The first-order valence-corrected chi connectivity index (χ1v) is 25.5. The number of hydrogen-bond acceptors (Lipinski definition) is 28. The lowest BCUT2D eigenvalue weighted by atomic mass is 9.83. The van der Waals surface area contributed by atoms with Crippen molar-refractivity contribution < 1.29 is 142 Å². The lowest BCUT2D eigenvalue weighted by Crippen LogP contribution is -2.60. The van der Waals surface area contributed by atoms with Crippen LogP contribution < -0.4 is 0 Å². The summed E-state index contributed by atoms with van der Waals surface area (Å²) in [4.78, 5) is 52.6. The van der Waals surface area contributed by atoms with E-state index in [0.29, 0.717) is 16.7 Å². The summed E-state index contributed by atoms with van der Waals surface area (Å²) in [5.41, 5.74) is 0.846. The molecule has 0 radical (unpaired) electrons. The number of ether oxygens (including phenoxy) is 12. The number of aliphatic carboxylic acids is 1. The fourth-order valence-corrected chi connectivity index (χ4v) is 11.5.